The summed E-state index contributed by atoms with van der Waals surface area (Å²) in [5.74, 6) is -0.179. The molecule has 12 heteroatoms. The van der Waals surface area contributed by atoms with Crippen molar-refractivity contribution in [1.29, 1.82) is 0 Å². The van der Waals surface area contributed by atoms with Gasteiger partial charge in [-0.1, -0.05) is 48.0 Å². The summed E-state index contributed by atoms with van der Waals surface area (Å²) in [5, 5.41) is 16.8. The van der Waals surface area contributed by atoms with Gasteiger partial charge in [-0.05, 0) is 36.6 Å². The van der Waals surface area contributed by atoms with Gasteiger partial charge in [0.05, 0.1) is 30.5 Å². The molecule has 2 atom stereocenters. The molecule has 1 aliphatic heterocycles. The van der Waals surface area contributed by atoms with Crippen molar-refractivity contribution in [2.45, 2.75) is 32.0 Å². The molecule has 44 heavy (non-hydrogen) atoms. The van der Waals surface area contributed by atoms with Crippen LogP contribution in [0.3, 0.4) is 0 Å². The van der Waals surface area contributed by atoms with Crippen molar-refractivity contribution in [2.75, 3.05) is 25.6 Å². The number of benzene rings is 2. The van der Waals surface area contributed by atoms with E-state index in [4.69, 9.17) is 26.1 Å². The number of aromatic nitrogens is 3. The molecule has 2 unspecified atom stereocenters. The number of aryl methyl sites for hydroxylation is 1. The molecular weight excluding hydrogens is 586 g/mol. The molecule has 1 aliphatic rings. The Hall–Kier alpha value is -4.29. The number of carbonyl (C=O) groups is 1. The third-order valence-electron chi connectivity index (χ3n) is 7.85. The molecule has 0 bridgehead atoms. The number of hydrogen-bond donors (Lipinski definition) is 3. The molecule has 2 aromatic carbocycles. The number of halogens is 1. The van der Waals surface area contributed by atoms with Crippen LogP contribution in [-0.4, -0.2) is 57.6 Å². The number of hydrogen-bond acceptors (Lipinski definition) is 8. The maximum atomic E-state index is 13.1. The molecule has 1 amide bonds. The van der Waals surface area contributed by atoms with Crippen molar-refractivity contribution in [3.05, 3.63) is 97.3 Å². The van der Waals surface area contributed by atoms with Gasteiger partial charge in [0.1, 0.15) is 5.56 Å². The second-order valence-electron chi connectivity index (χ2n) is 10.7. The van der Waals surface area contributed by atoms with Crippen LogP contribution in [0.15, 0.2) is 64.3 Å². The van der Waals surface area contributed by atoms with Crippen molar-refractivity contribution < 1.29 is 19.4 Å². The predicted molar refractivity (Wildman–Crippen MR) is 168 cm³/mol. The molecule has 0 saturated carbocycles. The van der Waals surface area contributed by atoms with Gasteiger partial charge in [0.25, 0.3) is 11.5 Å². The monoisotopic (exact) mass is 619 g/mol. The molecule has 0 radical (unpaired) electrons. The number of nitrogens with zero attached hydrogens (tertiary/aromatic N) is 3. The van der Waals surface area contributed by atoms with Crippen LogP contribution in [0.2, 0.25) is 5.02 Å². The Balaban J connectivity index is 1.42. The average molecular weight is 620 g/mol. The van der Waals surface area contributed by atoms with Gasteiger partial charge < -0.3 is 29.8 Å². The zero-order chi connectivity index (χ0) is 31.5. The standard InChI is InChI=1S/C32H34ClN5O6/c1-18-20(7-6-10-24(18)35-29(40)23-16-37(2)32(42)38(3)31(23)41)21-8-5-9-22(28(21)33)25-12-11-19(30(36-25)43-4)15-34-26-13-14-44-17-27(26)39/h5-12,16,26-27,34,39H,13-15,17H2,1-4H3,(H,35,40). The van der Waals surface area contributed by atoms with E-state index in [9.17, 15) is 19.5 Å². The Morgan fingerprint density at radius 2 is 1.84 bits per heavy atom. The summed E-state index contributed by atoms with van der Waals surface area (Å²) in [7, 11) is 4.37. The maximum absolute atomic E-state index is 13.1. The van der Waals surface area contributed by atoms with Crippen LogP contribution in [0.5, 0.6) is 5.88 Å². The molecule has 1 saturated heterocycles. The number of methoxy groups -OCH3 is 1. The van der Waals surface area contributed by atoms with Crippen molar-refractivity contribution in [2.24, 2.45) is 14.1 Å². The van der Waals surface area contributed by atoms with Gasteiger partial charge >= 0.3 is 5.69 Å². The minimum Gasteiger partial charge on any atom is -0.481 e. The number of aliphatic hydroxyl groups is 1. The number of rotatable bonds is 8. The van der Waals surface area contributed by atoms with Crippen LogP contribution in [0.25, 0.3) is 22.4 Å². The normalized spacial score (nSPS) is 16.5. The number of amides is 1. The summed E-state index contributed by atoms with van der Waals surface area (Å²) in [6, 6.07) is 14.8. The van der Waals surface area contributed by atoms with E-state index in [1.54, 1.807) is 19.2 Å². The van der Waals surface area contributed by atoms with Gasteiger partial charge in [-0.3, -0.25) is 14.2 Å². The third kappa shape index (κ3) is 6.18. The van der Waals surface area contributed by atoms with E-state index < -0.39 is 23.3 Å². The second kappa shape index (κ2) is 13.1. The highest BCUT2D eigenvalue weighted by atomic mass is 35.5. The van der Waals surface area contributed by atoms with Crippen molar-refractivity contribution in [3.8, 4) is 28.3 Å². The fraction of sp³-hybridized carbons (Fsp3) is 0.312. The number of aliphatic hydroxyl groups excluding tert-OH is 1. The molecule has 0 aliphatic carbocycles. The summed E-state index contributed by atoms with van der Waals surface area (Å²) in [4.78, 5) is 42.5. The lowest BCUT2D eigenvalue weighted by molar-refractivity contribution is -0.0281. The fourth-order valence-electron chi connectivity index (χ4n) is 5.29. The van der Waals surface area contributed by atoms with E-state index in [1.807, 2.05) is 43.3 Å². The Kier molecular flexibility index (Phi) is 9.31. The van der Waals surface area contributed by atoms with E-state index in [-0.39, 0.29) is 11.6 Å². The number of carbonyl (C=O) groups excluding carboxylic acids is 1. The number of pyridine rings is 1. The summed E-state index contributed by atoms with van der Waals surface area (Å²) in [5.41, 5.74) is 3.56. The molecule has 0 spiro atoms. The highest BCUT2D eigenvalue weighted by molar-refractivity contribution is 6.36. The summed E-state index contributed by atoms with van der Waals surface area (Å²) >= 11 is 6.99. The van der Waals surface area contributed by atoms with Gasteiger partial charge in [0.2, 0.25) is 5.88 Å². The Bertz CT molecular complexity index is 1840. The molecule has 4 aromatic rings. The smallest absolute Gasteiger partial charge is 0.330 e. The number of ether oxygens (including phenoxy) is 2. The first kappa shape index (κ1) is 31.1. The molecule has 230 valence electrons. The zero-order valence-corrected chi connectivity index (χ0v) is 25.6. The Morgan fingerprint density at radius 1 is 1.11 bits per heavy atom. The minimum absolute atomic E-state index is 0.0743. The van der Waals surface area contributed by atoms with Crippen molar-refractivity contribution >= 4 is 23.2 Å². The summed E-state index contributed by atoms with van der Waals surface area (Å²) in [6.45, 7) is 3.23. The Morgan fingerprint density at radius 3 is 2.59 bits per heavy atom. The molecule has 2 aromatic heterocycles. The summed E-state index contributed by atoms with van der Waals surface area (Å²) < 4.78 is 13.0. The van der Waals surface area contributed by atoms with Crippen molar-refractivity contribution in [1.82, 2.24) is 19.4 Å². The van der Waals surface area contributed by atoms with Crippen LogP contribution in [0, 0.1) is 6.92 Å². The predicted octanol–water partition coefficient (Wildman–Crippen LogP) is 3.28. The van der Waals surface area contributed by atoms with E-state index in [0.717, 1.165) is 26.8 Å². The van der Waals surface area contributed by atoms with Gasteiger partial charge in [0.15, 0.2) is 0 Å². The van der Waals surface area contributed by atoms with Crippen LogP contribution < -0.4 is 26.6 Å². The minimum atomic E-state index is -0.680. The fourth-order valence-corrected chi connectivity index (χ4v) is 5.61. The third-order valence-corrected chi connectivity index (χ3v) is 8.26. The zero-order valence-electron chi connectivity index (χ0n) is 24.9. The largest absolute Gasteiger partial charge is 0.481 e. The number of nitrogens with one attached hydrogen (secondary N) is 2. The van der Waals surface area contributed by atoms with Crippen LogP contribution in [0.1, 0.15) is 27.9 Å². The van der Waals surface area contributed by atoms with E-state index in [2.05, 4.69) is 10.6 Å². The molecular formula is C32H34ClN5O6. The topological polar surface area (TPSA) is 137 Å². The number of anilines is 1. The van der Waals surface area contributed by atoms with Crippen LogP contribution in [-0.2, 0) is 25.4 Å². The summed E-state index contributed by atoms with van der Waals surface area (Å²) in [6.07, 6.45) is 1.38. The lowest BCUT2D eigenvalue weighted by atomic mass is 9.96. The highest BCUT2D eigenvalue weighted by Crippen LogP contribution is 2.39. The van der Waals surface area contributed by atoms with Crippen LogP contribution in [0.4, 0.5) is 5.69 Å². The maximum Gasteiger partial charge on any atom is 0.330 e. The molecule has 5 rings (SSSR count). The quantitative estimate of drug-likeness (QED) is 0.273. The lowest BCUT2D eigenvalue weighted by Crippen LogP contribution is -2.46. The van der Waals surface area contributed by atoms with E-state index >= 15 is 0 Å². The van der Waals surface area contributed by atoms with Crippen molar-refractivity contribution in [3.63, 3.8) is 0 Å². The molecule has 3 heterocycles. The Labute approximate surface area is 259 Å². The first-order chi connectivity index (χ1) is 21.1. The SMILES string of the molecule is COc1nc(-c2cccc(-c3cccc(NC(=O)c4cn(C)c(=O)n(C)c4=O)c3C)c2Cl)ccc1CNC1CCOCC1O. The van der Waals surface area contributed by atoms with Crippen LogP contribution >= 0.6 is 11.6 Å². The first-order valence-electron chi connectivity index (χ1n) is 14.1. The van der Waals surface area contributed by atoms with E-state index in [1.165, 1.54) is 24.9 Å². The van der Waals surface area contributed by atoms with Gasteiger partial charge in [0, 0.05) is 61.9 Å². The van der Waals surface area contributed by atoms with E-state index in [0.29, 0.717) is 54.0 Å². The second-order valence-corrected chi connectivity index (χ2v) is 11.1. The lowest BCUT2D eigenvalue weighted by Gasteiger charge is -2.28. The first-order valence-corrected chi connectivity index (χ1v) is 14.5. The van der Waals surface area contributed by atoms with Gasteiger partial charge in [-0.15, -0.1) is 0 Å². The highest BCUT2D eigenvalue weighted by Gasteiger charge is 2.24. The average Bonchev–Trinajstić information content (AvgIpc) is 3.02. The van der Waals surface area contributed by atoms with Gasteiger partial charge in [-0.2, -0.15) is 0 Å². The molecule has 1 fully saturated rings. The molecule has 3 N–H and O–H groups in total. The molecule has 11 nitrogen and oxygen atoms in total. The van der Waals surface area contributed by atoms with Gasteiger partial charge in [-0.25, -0.2) is 9.78 Å².